The number of fused-ring (bicyclic) bond motifs is 1. The van der Waals surface area contributed by atoms with Crippen molar-refractivity contribution in [3.8, 4) is 0 Å². The van der Waals surface area contributed by atoms with Crippen molar-refractivity contribution in [3.63, 3.8) is 0 Å². The number of rotatable bonds is 2. The Kier molecular flexibility index (Phi) is 3.43. The number of nitrogens with one attached hydrogen (secondary N) is 1. The topological polar surface area (TPSA) is 29.1 Å². The summed E-state index contributed by atoms with van der Waals surface area (Å²) in [4.78, 5) is 14.5. The normalized spacial score (nSPS) is 20.2. The maximum absolute atomic E-state index is 12.1. The lowest BCUT2D eigenvalue weighted by Gasteiger charge is -2.10. The standard InChI is InChI=1S/C13H17NOS2/c15-13(14-10-3-1-2-4-10)12-7-9-8-16-6-5-11(9)17-12/h7,10H,1-6,8H2,(H,14,15). The van der Waals surface area contributed by atoms with Gasteiger partial charge >= 0.3 is 0 Å². The second-order valence-corrected chi connectivity index (χ2v) is 7.06. The molecule has 1 aliphatic heterocycles. The van der Waals surface area contributed by atoms with Crippen molar-refractivity contribution in [2.24, 2.45) is 0 Å². The molecule has 1 aromatic heterocycles. The number of thiophene rings is 1. The summed E-state index contributed by atoms with van der Waals surface area (Å²) in [6, 6.07) is 2.53. The van der Waals surface area contributed by atoms with Gasteiger partial charge in [0.25, 0.3) is 5.91 Å². The Morgan fingerprint density at radius 1 is 1.35 bits per heavy atom. The van der Waals surface area contributed by atoms with Crippen LogP contribution in [0.5, 0.6) is 0 Å². The number of thioether (sulfide) groups is 1. The second kappa shape index (κ2) is 5.02. The van der Waals surface area contributed by atoms with Gasteiger partial charge in [-0.3, -0.25) is 4.79 Å². The molecule has 3 rings (SSSR count). The minimum atomic E-state index is 0.154. The van der Waals surface area contributed by atoms with Crippen molar-refractivity contribution in [2.75, 3.05) is 5.75 Å². The Bertz CT molecular complexity index is 398. The van der Waals surface area contributed by atoms with Crippen molar-refractivity contribution >= 4 is 29.0 Å². The summed E-state index contributed by atoms with van der Waals surface area (Å²) in [6.45, 7) is 0. The molecule has 0 atom stereocenters. The predicted octanol–water partition coefficient (Wildman–Crippen LogP) is 3.21. The van der Waals surface area contributed by atoms with Crippen LogP contribution in [0.2, 0.25) is 0 Å². The summed E-state index contributed by atoms with van der Waals surface area (Å²) in [5, 5.41) is 3.17. The smallest absolute Gasteiger partial charge is 0.261 e. The van der Waals surface area contributed by atoms with E-state index in [-0.39, 0.29) is 5.91 Å². The molecular weight excluding hydrogens is 250 g/mol. The first-order valence-corrected chi connectivity index (χ1v) is 8.30. The Labute approximate surface area is 110 Å². The van der Waals surface area contributed by atoms with Crippen LogP contribution in [0, 0.1) is 0 Å². The van der Waals surface area contributed by atoms with Gasteiger partial charge in [-0.15, -0.1) is 11.3 Å². The van der Waals surface area contributed by atoms with Crippen molar-refractivity contribution in [3.05, 3.63) is 21.4 Å². The van der Waals surface area contributed by atoms with E-state index in [1.54, 1.807) is 11.3 Å². The molecule has 0 saturated heterocycles. The van der Waals surface area contributed by atoms with Gasteiger partial charge in [0, 0.05) is 16.7 Å². The molecule has 0 radical (unpaired) electrons. The molecule has 1 aromatic rings. The molecule has 17 heavy (non-hydrogen) atoms. The van der Waals surface area contributed by atoms with Crippen LogP contribution in [0.15, 0.2) is 6.07 Å². The van der Waals surface area contributed by atoms with Gasteiger partial charge in [0.05, 0.1) is 4.88 Å². The number of amides is 1. The number of hydrogen-bond acceptors (Lipinski definition) is 3. The van der Waals surface area contributed by atoms with E-state index in [0.29, 0.717) is 6.04 Å². The van der Waals surface area contributed by atoms with Crippen LogP contribution < -0.4 is 5.32 Å². The molecule has 1 fully saturated rings. The van der Waals surface area contributed by atoms with Crippen LogP contribution in [0.4, 0.5) is 0 Å². The lowest BCUT2D eigenvalue weighted by Crippen LogP contribution is -2.31. The average Bonchev–Trinajstić information content (AvgIpc) is 2.96. The summed E-state index contributed by atoms with van der Waals surface area (Å²) in [5.41, 5.74) is 1.39. The van der Waals surface area contributed by atoms with Crippen molar-refractivity contribution in [1.29, 1.82) is 0 Å². The number of hydrogen-bond donors (Lipinski definition) is 1. The highest BCUT2D eigenvalue weighted by Crippen LogP contribution is 2.31. The summed E-state index contributed by atoms with van der Waals surface area (Å²) >= 11 is 3.67. The van der Waals surface area contributed by atoms with Crippen LogP contribution in [-0.4, -0.2) is 17.7 Å². The van der Waals surface area contributed by atoms with Gasteiger partial charge in [-0.1, -0.05) is 12.8 Å². The third-order valence-electron chi connectivity index (χ3n) is 3.54. The monoisotopic (exact) mass is 267 g/mol. The van der Waals surface area contributed by atoms with Gasteiger partial charge in [0.1, 0.15) is 0 Å². The largest absolute Gasteiger partial charge is 0.349 e. The molecule has 0 unspecified atom stereocenters. The zero-order valence-corrected chi connectivity index (χ0v) is 11.5. The quantitative estimate of drug-likeness (QED) is 0.891. The van der Waals surface area contributed by atoms with Crippen LogP contribution in [0.1, 0.15) is 45.8 Å². The molecule has 0 aromatic carbocycles. The zero-order valence-electron chi connectivity index (χ0n) is 9.83. The summed E-state index contributed by atoms with van der Waals surface area (Å²) < 4.78 is 0. The zero-order chi connectivity index (χ0) is 11.7. The number of aryl methyl sites for hydroxylation is 1. The molecule has 1 amide bonds. The van der Waals surface area contributed by atoms with E-state index in [0.717, 1.165) is 29.9 Å². The van der Waals surface area contributed by atoms with Crippen molar-refractivity contribution in [2.45, 2.75) is 43.9 Å². The van der Waals surface area contributed by atoms with Gasteiger partial charge in [-0.2, -0.15) is 11.8 Å². The third-order valence-corrected chi connectivity index (χ3v) is 5.79. The van der Waals surface area contributed by atoms with Gasteiger partial charge in [-0.25, -0.2) is 0 Å². The highest BCUT2D eigenvalue weighted by Gasteiger charge is 2.21. The molecule has 0 spiro atoms. The maximum Gasteiger partial charge on any atom is 0.261 e. The molecular formula is C13H17NOS2. The lowest BCUT2D eigenvalue weighted by molar-refractivity contribution is 0.0942. The summed E-state index contributed by atoms with van der Waals surface area (Å²) in [7, 11) is 0. The Balaban J connectivity index is 1.70. The minimum absolute atomic E-state index is 0.154. The number of carbonyl (C=O) groups excluding carboxylic acids is 1. The minimum Gasteiger partial charge on any atom is -0.349 e. The molecule has 1 saturated carbocycles. The fraction of sp³-hybridized carbons (Fsp3) is 0.615. The highest BCUT2D eigenvalue weighted by atomic mass is 32.2. The molecule has 92 valence electrons. The Morgan fingerprint density at radius 3 is 2.94 bits per heavy atom. The first kappa shape index (κ1) is 11.6. The second-order valence-electron chi connectivity index (χ2n) is 4.82. The maximum atomic E-state index is 12.1. The van der Waals surface area contributed by atoms with Gasteiger partial charge in [0.2, 0.25) is 0 Å². The van der Waals surface area contributed by atoms with E-state index < -0.39 is 0 Å². The number of carbonyl (C=O) groups is 1. The van der Waals surface area contributed by atoms with E-state index in [9.17, 15) is 4.79 Å². The molecule has 4 heteroatoms. The van der Waals surface area contributed by atoms with Crippen molar-refractivity contribution in [1.82, 2.24) is 5.32 Å². The lowest BCUT2D eigenvalue weighted by atomic mass is 10.2. The van der Waals surface area contributed by atoms with E-state index in [1.165, 1.54) is 29.0 Å². The fourth-order valence-corrected chi connectivity index (χ4v) is 4.86. The van der Waals surface area contributed by atoms with Gasteiger partial charge in [0.15, 0.2) is 0 Å². The van der Waals surface area contributed by atoms with E-state index in [2.05, 4.69) is 11.4 Å². The SMILES string of the molecule is O=C(NC1CCCC1)c1cc2c(s1)CCSC2. The van der Waals surface area contributed by atoms with Crippen LogP contribution >= 0.6 is 23.1 Å². The summed E-state index contributed by atoms with van der Waals surface area (Å²) in [6.07, 6.45) is 5.99. The van der Waals surface area contributed by atoms with E-state index in [4.69, 9.17) is 0 Å². The average molecular weight is 267 g/mol. The molecule has 2 nitrogen and oxygen atoms in total. The first-order valence-electron chi connectivity index (χ1n) is 6.33. The Hall–Kier alpha value is -0.480. The van der Waals surface area contributed by atoms with Crippen LogP contribution in [0.3, 0.4) is 0 Å². The van der Waals surface area contributed by atoms with Gasteiger partial charge in [-0.05, 0) is 36.6 Å². The molecule has 1 aliphatic carbocycles. The molecule has 2 heterocycles. The third kappa shape index (κ3) is 2.52. The van der Waals surface area contributed by atoms with Crippen LogP contribution in [-0.2, 0) is 12.2 Å². The Morgan fingerprint density at radius 2 is 2.18 bits per heavy atom. The molecule has 1 N–H and O–H groups in total. The highest BCUT2D eigenvalue weighted by molar-refractivity contribution is 7.98. The predicted molar refractivity (Wildman–Crippen MR) is 73.9 cm³/mol. The summed E-state index contributed by atoms with van der Waals surface area (Å²) in [5.74, 6) is 2.45. The fourth-order valence-electron chi connectivity index (χ4n) is 2.59. The van der Waals surface area contributed by atoms with Crippen LogP contribution in [0.25, 0.3) is 0 Å². The van der Waals surface area contributed by atoms with Crippen molar-refractivity contribution < 1.29 is 4.79 Å². The molecule has 2 aliphatic rings. The van der Waals surface area contributed by atoms with E-state index in [1.807, 2.05) is 11.8 Å². The molecule has 0 bridgehead atoms. The van der Waals surface area contributed by atoms with E-state index >= 15 is 0 Å². The van der Waals surface area contributed by atoms with Gasteiger partial charge < -0.3 is 5.32 Å². The first-order chi connectivity index (χ1) is 8.33.